The molecule has 2 N–H and O–H groups in total. The van der Waals surface area contributed by atoms with Crippen molar-refractivity contribution in [3.63, 3.8) is 0 Å². The smallest absolute Gasteiger partial charge is 0.127 e. The van der Waals surface area contributed by atoms with Gasteiger partial charge in [0.2, 0.25) is 0 Å². The first-order valence-electron chi connectivity index (χ1n) is 6.88. The van der Waals surface area contributed by atoms with Gasteiger partial charge in [0.1, 0.15) is 18.1 Å². The molecule has 2 unspecified atom stereocenters. The first-order chi connectivity index (χ1) is 9.20. The summed E-state index contributed by atoms with van der Waals surface area (Å²) >= 11 is 0. The predicted octanol–water partition coefficient (Wildman–Crippen LogP) is 2.66. The average molecular weight is 265 g/mol. The first kappa shape index (κ1) is 14.2. The molecule has 0 radical (unpaired) electrons. The zero-order valence-electron chi connectivity index (χ0n) is 11.7. The molecule has 0 bridgehead atoms. The lowest BCUT2D eigenvalue weighted by Gasteiger charge is -2.24. The van der Waals surface area contributed by atoms with E-state index in [0.717, 1.165) is 36.5 Å². The van der Waals surface area contributed by atoms with Crippen LogP contribution in [0.5, 0.6) is 11.5 Å². The molecule has 1 aromatic carbocycles. The zero-order valence-corrected chi connectivity index (χ0v) is 11.7. The van der Waals surface area contributed by atoms with Crippen LogP contribution in [0.4, 0.5) is 0 Å². The third-order valence-electron chi connectivity index (χ3n) is 3.41. The highest BCUT2D eigenvalue weighted by atomic mass is 16.5. The molecule has 19 heavy (non-hydrogen) atoms. The molecule has 0 aliphatic carbocycles. The van der Waals surface area contributed by atoms with Crippen LogP contribution in [-0.2, 0) is 4.74 Å². The van der Waals surface area contributed by atoms with Crippen LogP contribution in [0.3, 0.4) is 0 Å². The molecular formula is C15H23NO3. The number of methoxy groups -OCH3 is 1. The highest BCUT2D eigenvalue weighted by molar-refractivity contribution is 5.42. The van der Waals surface area contributed by atoms with E-state index in [4.69, 9.17) is 19.9 Å². The van der Waals surface area contributed by atoms with Crippen LogP contribution in [0.25, 0.3) is 0 Å². The van der Waals surface area contributed by atoms with E-state index in [0.29, 0.717) is 6.61 Å². The number of hydrogen-bond donors (Lipinski definition) is 1. The zero-order chi connectivity index (χ0) is 13.7. The maximum atomic E-state index is 5.96. The van der Waals surface area contributed by atoms with Crippen molar-refractivity contribution in [3.05, 3.63) is 23.8 Å². The second kappa shape index (κ2) is 6.78. The molecule has 0 amide bonds. The van der Waals surface area contributed by atoms with Crippen molar-refractivity contribution in [2.24, 2.45) is 5.73 Å². The molecule has 1 saturated heterocycles. The Bertz CT molecular complexity index is 400. The van der Waals surface area contributed by atoms with E-state index in [2.05, 4.69) is 0 Å². The van der Waals surface area contributed by atoms with Gasteiger partial charge in [-0.2, -0.15) is 0 Å². The van der Waals surface area contributed by atoms with Gasteiger partial charge in [0.25, 0.3) is 0 Å². The van der Waals surface area contributed by atoms with Gasteiger partial charge < -0.3 is 19.9 Å². The van der Waals surface area contributed by atoms with Gasteiger partial charge in [-0.1, -0.05) is 6.07 Å². The van der Waals surface area contributed by atoms with Crippen molar-refractivity contribution in [1.82, 2.24) is 0 Å². The van der Waals surface area contributed by atoms with Gasteiger partial charge in [-0.15, -0.1) is 0 Å². The molecule has 4 nitrogen and oxygen atoms in total. The Morgan fingerprint density at radius 2 is 2.26 bits per heavy atom. The maximum absolute atomic E-state index is 5.96. The number of ether oxygens (including phenoxy) is 3. The van der Waals surface area contributed by atoms with Crippen LogP contribution in [-0.4, -0.2) is 26.4 Å². The van der Waals surface area contributed by atoms with Crippen molar-refractivity contribution in [2.45, 2.75) is 38.3 Å². The second-order valence-electron chi connectivity index (χ2n) is 4.99. The summed E-state index contributed by atoms with van der Waals surface area (Å²) in [5.41, 5.74) is 6.96. The van der Waals surface area contributed by atoms with Gasteiger partial charge >= 0.3 is 0 Å². The summed E-state index contributed by atoms with van der Waals surface area (Å²) < 4.78 is 16.8. The maximum Gasteiger partial charge on any atom is 0.127 e. The van der Waals surface area contributed by atoms with Gasteiger partial charge in [-0.3, -0.25) is 0 Å². The van der Waals surface area contributed by atoms with Crippen LogP contribution >= 0.6 is 0 Å². The van der Waals surface area contributed by atoms with Crippen molar-refractivity contribution in [2.75, 3.05) is 20.3 Å². The first-order valence-corrected chi connectivity index (χ1v) is 6.88. The monoisotopic (exact) mass is 265 g/mol. The van der Waals surface area contributed by atoms with E-state index < -0.39 is 0 Å². The van der Waals surface area contributed by atoms with Gasteiger partial charge in [-0.25, -0.2) is 0 Å². The number of nitrogens with two attached hydrogens (primary N) is 1. The van der Waals surface area contributed by atoms with E-state index in [9.17, 15) is 0 Å². The van der Waals surface area contributed by atoms with Crippen LogP contribution in [0.2, 0.25) is 0 Å². The SMILES string of the molecule is COc1ccc(C(C)N)c(OCC2CCCCO2)c1. The average Bonchev–Trinajstić information content (AvgIpc) is 2.45. The molecular weight excluding hydrogens is 242 g/mol. The summed E-state index contributed by atoms with van der Waals surface area (Å²) in [6.45, 7) is 3.37. The molecule has 1 fully saturated rings. The third-order valence-corrected chi connectivity index (χ3v) is 3.41. The Morgan fingerprint density at radius 3 is 2.89 bits per heavy atom. The van der Waals surface area contributed by atoms with Crippen LogP contribution in [0, 0.1) is 0 Å². The van der Waals surface area contributed by atoms with E-state index in [-0.39, 0.29) is 12.1 Å². The van der Waals surface area contributed by atoms with Crippen molar-refractivity contribution >= 4 is 0 Å². The molecule has 106 valence electrons. The predicted molar refractivity (Wildman–Crippen MR) is 74.7 cm³/mol. The fraction of sp³-hybridized carbons (Fsp3) is 0.600. The van der Waals surface area contributed by atoms with Crippen LogP contribution in [0.1, 0.15) is 37.8 Å². The fourth-order valence-electron chi connectivity index (χ4n) is 2.26. The topological polar surface area (TPSA) is 53.7 Å². The lowest BCUT2D eigenvalue weighted by Crippen LogP contribution is -2.26. The normalized spacial score (nSPS) is 20.9. The highest BCUT2D eigenvalue weighted by Gasteiger charge is 2.16. The number of hydrogen-bond acceptors (Lipinski definition) is 4. The lowest BCUT2D eigenvalue weighted by atomic mass is 10.1. The quantitative estimate of drug-likeness (QED) is 0.889. The molecule has 0 spiro atoms. The number of rotatable bonds is 5. The summed E-state index contributed by atoms with van der Waals surface area (Å²) in [6, 6.07) is 5.69. The Labute approximate surface area is 114 Å². The molecule has 1 aliphatic heterocycles. The van der Waals surface area contributed by atoms with Gasteiger partial charge in [0.05, 0.1) is 13.2 Å². The van der Waals surface area contributed by atoms with Gasteiger partial charge in [-0.05, 0) is 32.3 Å². The Balaban J connectivity index is 2.03. The molecule has 0 saturated carbocycles. The van der Waals surface area contributed by atoms with Crippen molar-refractivity contribution in [1.29, 1.82) is 0 Å². The minimum atomic E-state index is -0.0619. The standard InChI is InChI=1S/C15H23NO3/c1-11(16)14-7-6-12(17-2)9-15(14)19-10-13-5-3-4-8-18-13/h6-7,9,11,13H,3-5,8,10,16H2,1-2H3. The molecule has 4 heteroatoms. The lowest BCUT2D eigenvalue weighted by molar-refractivity contribution is -0.0113. The Hall–Kier alpha value is -1.26. The third kappa shape index (κ3) is 3.85. The van der Waals surface area contributed by atoms with Crippen LogP contribution < -0.4 is 15.2 Å². The Morgan fingerprint density at radius 1 is 1.42 bits per heavy atom. The summed E-state index contributed by atoms with van der Waals surface area (Å²) in [6.07, 6.45) is 3.63. The highest BCUT2D eigenvalue weighted by Crippen LogP contribution is 2.29. The van der Waals surface area contributed by atoms with E-state index in [1.807, 2.05) is 25.1 Å². The van der Waals surface area contributed by atoms with Crippen molar-refractivity contribution < 1.29 is 14.2 Å². The Kier molecular flexibility index (Phi) is 5.05. The van der Waals surface area contributed by atoms with Gasteiger partial charge in [0.15, 0.2) is 0 Å². The summed E-state index contributed by atoms with van der Waals surface area (Å²) in [5, 5.41) is 0. The van der Waals surface area contributed by atoms with Crippen LogP contribution in [0.15, 0.2) is 18.2 Å². The van der Waals surface area contributed by atoms with E-state index in [1.165, 1.54) is 6.42 Å². The van der Waals surface area contributed by atoms with E-state index in [1.54, 1.807) is 7.11 Å². The van der Waals surface area contributed by atoms with Gasteiger partial charge in [0, 0.05) is 24.3 Å². The molecule has 1 aromatic rings. The number of benzene rings is 1. The fourth-order valence-corrected chi connectivity index (χ4v) is 2.26. The molecule has 2 rings (SSSR count). The largest absolute Gasteiger partial charge is 0.497 e. The van der Waals surface area contributed by atoms with Crippen molar-refractivity contribution in [3.8, 4) is 11.5 Å². The minimum Gasteiger partial charge on any atom is -0.497 e. The molecule has 0 aromatic heterocycles. The second-order valence-corrected chi connectivity index (χ2v) is 4.99. The summed E-state index contributed by atoms with van der Waals surface area (Å²) in [7, 11) is 1.65. The van der Waals surface area contributed by atoms with E-state index >= 15 is 0 Å². The molecule has 2 atom stereocenters. The minimum absolute atomic E-state index is 0.0619. The molecule has 1 heterocycles. The molecule has 1 aliphatic rings. The summed E-state index contributed by atoms with van der Waals surface area (Å²) in [5.74, 6) is 1.58. The summed E-state index contributed by atoms with van der Waals surface area (Å²) in [4.78, 5) is 0.